The Bertz CT molecular complexity index is 713. The lowest BCUT2D eigenvalue weighted by Gasteiger charge is -2.13. The lowest BCUT2D eigenvalue weighted by molar-refractivity contribution is -0.131. The monoisotopic (exact) mass is 278 g/mol. The van der Waals surface area contributed by atoms with Gasteiger partial charge in [-0.2, -0.15) is 0 Å². The van der Waals surface area contributed by atoms with Gasteiger partial charge in [-0.1, -0.05) is 0 Å². The number of ether oxygens (including phenoxy) is 2. The van der Waals surface area contributed by atoms with E-state index in [-0.39, 0.29) is 23.2 Å². The summed E-state index contributed by atoms with van der Waals surface area (Å²) in [5, 5.41) is 10.2. The third-order valence-electron chi connectivity index (χ3n) is 2.42. The third-order valence-corrected chi connectivity index (χ3v) is 2.42. The van der Waals surface area contributed by atoms with E-state index < -0.39 is 17.3 Å². The Kier molecular flexibility index (Phi) is 3.65. The molecule has 0 amide bonds. The van der Waals surface area contributed by atoms with Gasteiger partial charge < -0.3 is 19.0 Å². The van der Waals surface area contributed by atoms with Crippen LogP contribution in [0.15, 0.2) is 27.4 Å². The van der Waals surface area contributed by atoms with Crippen LogP contribution in [-0.2, 0) is 4.79 Å². The van der Waals surface area contributed by atoms with Gasteiger partial charge in [0.15, 0.2) is 5.75 Å². The Morgan fingerprint density at radius 2 is 2.05 bits per heavy atom. The summed E-state index contributed by atoms with van der Waals surface area (Å²) < 4.78 is 15.3. The van der Waals surface area contributed by atoms with Crippen molar-refractivity contribution in [3.8, 4) is 17.2 Å². The van der Waals surface area contributed by atoms with Gasteiger partial charge in [0, 0.05) is 13.0 Å². The molecule has 2 rings (SSSR count). The van der Waals surface area contributed by atoms with Crippen LogP contribution >= 0.6 is 0 Å². The van der Waals surface area contributed by atoms with Gasteiger partial charge >= 0.3 is 11.6 Å². The van der Waals surface area contributed by atoms with E-state index in [1.165, 1.54) is 19.1 Å². The van der Waals surface area contributed by atoms with Crippen LogP contribution in [-0.4, -0.2) is 17.2 Å². The standard InChI is InChI=1S/C14H14O6/c1-7(2)18-13-10-5-4-9(19-8(3)15)6-11(10)20-14(17)12(13)16/h4-7,16H,1-3H3. The van der Waals surface area contributed by atoms with Crippen LogP contribution in [0.2, 0.25) is 0 Å². The summed E-state index contributed by atoms with van der Waals surface area (Å²) in [6.45, 7) is 4.81. The van der Waals surface area contributed by atoms with Gasteiger partial charge in [0.2, 0.25) is 5.75 Å². The van der Waals surface area contributed by atoms with Crippen molar-refractivity contribution in [1.29, 1.82) is 0 Å². The van der Waals surface area contributed by atoms with E-state index in [4.69, 9.17) is 13.9 Å². The fourth-order valence-electron chi connectivity index (χ4n) is 1.73. The van der Waals surface area contributed by atoms with Gasteiger partial charge in [0.25, 0.3) is 0 Å². The number of carbonyl (C=O) groups excluding carboxylic acids is 1. The second-order valence-electron chi connectivity index (χ2n) is 4.49. The predicted molar refractivity (Wildman–Crippen MR) is 71.2 cm³/mol. The van der Waals surface area contributed by atoms with Crippen molar-refractivity contribution in [1.82, 2.24) is 0 Å². The molecule has 2 aromatic rings. The highest BCUT2D eigenvalue weighted by Gasteiger charge is 2.17. The van der Waals surface area contributed by atoms with Gasteiger partial charge in [-0.3, -0.25) is 4.79 Å². The molecule has 6 nitrogen and oxygen atoms in total. The molecular formula is C14H14O6. The van der Waals surface area contributed by atoms with Crippen molar-refractivity contribution in [2.75, 3.05) is 0 Å². The molecule has 0 aliphatic carbocycles. The summed E-state index contributed by atoms with van der Waals surface area (Å²) in [4.78, 5) is 22.5. The highest BCUT2D eigenvalue weighted by molar-refractivity contribution is 5.87. The number of hydrogen-bond donors (Lipinski definition) is 1. The molecule has 0 fully saturated rings. The highest BCUT2D eigenvalue weighted by atomic mass is 16.5. The smallest absolute Gasteiger partial charge is 0.382 e. The molecule has 1 N–H and O–H groups in total. The van der Waals surface area contributed by atoms with E-state index in [1.54, 1.807) is 19.9 Å². The van der Waals surface area contributed by atoms with Gasteiger partial charge in [-0.25, -0.2) is 4.79 Å². The van der Waals surface area contributed by atoms with Crippen molar-refractivity contribution >= 4 is 16.9 Å². The summed E-state index contributed by atoms with van der Waals surface area (Å²) in [6.07, 6.45) is -0.223. The molecular weight excluding hydrogens is 264 g/mol. The van der Waals surface area contributed by atoms with Crippen LogP contribution in [0.3, 0.4) is 0 Å². The highest BCUT2D eigenvalue weighted by Crippen LogP contribution is 2.34. The van der Waals surface area contributed by atoms with Gasteiger partial charge in [-0.15, -0.1) is 0 Å². The number of benzene rings is 1. The molecule has 0 saturated heterocycles. The second kappa shape index (κ2) is 5.24. The maximum Gasteiger partial charge on any atom is 0.382 e. The molecule has 106 valence electrons. The van der Waals surface area contributed by atoms with Crippen LogP contribution < -0.4 is 15.1 Å². The van der Waals surface area contributed by atoms with Crippen LogP contribution in [0.4, 0.5) is 0 Å². The first-order chi connectivity index (χ1) is 9.38. The quantitative estimate of drug-likeness (QED) is 0.526. The van der Waals surface area contributed by atoms with Gasteiger partial charge in [0.05, 0.1) is 11.5 Å². The van der Waals surface area contributed by atoms with Crippen molar-refractivity contribution in [2.45, 2.75) is 26.9 Å². The van der Waals surface area contributed by atoms with E-state index in [9.17, 15) is 14.7 Å². The zero-order valence-electron chi connectivity index (χ0n) is 11.3. The maximum atomic E-state index is 11.6. The van der Waals surface area contributed by atoms with E-state index >= 15 is 0 Å². The average Bonchev–Trinajstić information content (AvgIpc) is 2.33. The first-order valence-electron chi connectivity index (χ1n) is 6.03. The van der Waals surface area contributed by atoms with Crippen LogP contribution in [0, 0.1) is 0 Å². The summed E-state index contributed by atoms with van der Waals surface area (Å²) in [5.41, 5.74) is -0.740. The zero-order valence-corrected chi connectivity index (χ0v) is 11.3. The molecule has 0 saturated carbocycles. The van der Waals surface area contributed by atoms with Crippen molar-refractivity contribution in [2.24, 2.45) is 0 Å². The number of carbonyl (C=O) groups is 1. The number of fused-ring (bicyclic) bond motifs is 1. The first kappa shape index (κ1) is 13.9. The Balaban J connectivity index is 2.63. The molecule has 20 heavy (non-hydrogen) atoms. The fraction of sp³-hybridized carbons (Fsp3) is 0.286. The van der Waals surface area contributed by atoms with E-state index in [2.05, 4.69) is 0 Å². The lowest BCUT2D eigenvalue weighted by Crippen LogP contribution is -2.10. The summed E-state index contributed by atoms with van der Waals surface area (Å²) in [6, 6.07) is 4.47. The van der Waals surface area contributed by atoms with Crippen molar-refractivity contribution < 1.29 is 23.8 Å². The molecule has 0 aliphatic rings. The molecule has 1 aromatic heterocycles. The third kappa shape index (κ3) is 2.74. The largest absolute Gasteiger partial charge is 0.499 e. The molecule has 0 unspecified atom stereocenters. The van der Waals surface area contributed by atoms with Crippen LogP contribution in [0.5, 0.6) is 17.2 Å². The summed E-state index contributed by atoms with van der Waals surface area (Å²) >= 11 is 0. The SMILES string of the molecule is CC(=O)Oc1ccc2c(OC(C)C)c(O)c(=O)oc2c1. The number of hydrogen-bond acceptors (Lipinski definition) is 6. The Labute approximate surface area is 114 Å². The fourth-order valence-corrected chi connectivity index (χ4v) is 1.73. The topological polar surface area (TPSA) is 86.0 Å². The van der Waals surface area contributed by atoms with E-state index in [1.807, 2.05) is 0 Å². The van der Waals surface area contributed by atoms with Crippen molar-refractivity contribution in [3.63, 3.8) is 0 Å². The molecule has 6 heteroatoms. The Hall–Kier alpha value is -2.50. The number of esters is 1. The Morgan fingerprint density at radius 1 is 1.35 bits per heavy atom. The van der Waals surface area contributed by atoms with Crippen LogP contribution in [0.1, 0.15) is 20.8 Å². The Morgan fingerprint density at radius 3 is 2.65 bits per heavy atom. The lowest BCUT2D eigenvalue weighted by atomic mass is 10.2. The minimum Gasteiger partial charge on any atom is -0.499 e. The number of aromatic hydroxyl groups is 1. The van der Waals surface area contributed by atoms with Gasteiger partial charge in [0.1, 0.15) is 11.3 Å². The molecule has 0 aliphatic heterocycles. The molecule has 0 bridgehead atoms. The molecule has 1 heterocycles. The van der Waals surface area contributed by atoms with E-state index in [0.717, 1.165) is 0 Å². The molecule has 0 atom stereocenters. The zero-order chi connectivity index (χ0) is 14.9. The molecule has 0 radical (unpaired) electrons. The minimum atomic E-state index is -0.909. The minimum absolute atomic E-state index is 0.0561. The molecule has 1 aromatic carbocycles. The van der Waals surface area contributed by atoms with Gasteiger partial charge in [-0.05, 0) is 26.0 Å². The normalized spacial score (nSPS) is 10.8. The predicted octanol–water partition coefficient (Wildman–Crippen LogP) is 2.21. The second-order valence-corrected chi connectivity index (χ2v) is 4.49. The summed E-state index contributed by atoms with van der Waals surface area (Å²) in [5.74, 6) is -0.759. The first-order valence-corrected chi connectivity index (χ1v) is 6.03. The van der Waals surface area contributed by atoms with Crippen molar-refractivity contribution in [3.05, 3.63) is 28.6 Å². The average molecular weight is 278 g/mol. The number of rotatable bonds is 3. The maximum absolute atomic E-state index is 11.6. The van der Waals surface area contributed by atoms with Crippen LogP contribution in [0.25, 0.3) is 11.0 Å². The molecule has 0 spiro atoms. The summed E-state index contributed by atoms with van der Waals surface area (Å²) in [7, 11) is 0. The van der Waals surface area contributed by atoms with E-state index in [0.29, 0.717) is 5.39 Å².